The Morgan fingerprint density at radius 1 is 1.25 bits per heavy atom. The first-order valence-corrected chi connectivity index (χ1v) is 8.37. The number of carbonyl (C=O) groups is 1. The van der Waals surface area contributed by atoms with Crippen molar-refractivity contribution >= 4 is 22.4 Å². The number of nitrogens with zero attached hydrogens (tertiary/aromatic N) is 4. The molecule has 7 heteroatoms. The van der Waals surface area contributed by atoms with Crippen molar-refractivity contribution in [3.05, 3.63) is 47.2 Å². The van der Waals surface area contributed by atoms with E-state index in [0.717, 1.165) is 0 Å². The number of benzene rings is 1. The first-order valence-electron chi connectivity index (χ1n) is 7.49. The lowest BCUT2D eigenvalue weighted by atomic mass is 9.96. The molecule has 0 bridgehead atoms. The third kappa shape index (κ3) is 3.07. The summed E-state index contributed by atoms with van der Waals surface area (Å²) in [6.07, 6.45) is 1.67. The van der Waals surface area contributed by atoms with Gasteiger partial charge < -0.3 is 4.52 Å². The fraction of sp³-hybridized carbons (Fsp3) is 0.294. The average Bonchev–Trinajstić information content (AvgIpc) is 3.24. The van der Waals surface area contributed by atoms with Gasteiger partial charge in [0, 0.05) is 24.0 Å². The highest BCUT2D eigenvalue weighted by molar-refractivity contribution is 7.13. The highest BCUT2D eigenvalue weighted by Crippen LogP contribution is 2.28. The minimum Gasteiger partial charge on any atom is -0.334 e. The average molecular weight is 342 g/mol. The van der Waals surface area contributed by atoms with Crippen LogP contribution in [0.1, 0.15) is 37.0 Å². The van der Waals surface area contributed by atoms with Gasteiger partial charge in [-0.15, -0.1) is 11.3 Å². The molecule has 24 heavy (non-hydrogen) atoms. The molecule has 0 N–H and O–H groups in total. The lowest BCUT2D eigenvalue weighted by Gasteiger charge is -2.15. The number of aromatic nitrogens is 3. The zero-order chi connectivity index (χ0) is 17.3. The molecule has 0 unspecified atom stereocenters. The number of amides is 1. The largest absolute Gasteiger partial charge is 0.334 e. The molecule has 0 spiro atoms. The standard InChI is InChI=1S/C17H18N4O2S/c1-17(2,3)15-19-13(23-20-15)11-7-5-6-8-12(11)14(22)21(4)16-18-9-10-24-16/h5-10H,1-4H3. The third-order valence-electron chi connectivity index (χ3n) is 3.50. The lowest BCUT2D eigenvalue weighted by molar-refractivity contribution is 0.0993. The Morgan fingerprint density at radius 2 is 2.00 bits per heavy atom. The lowest BCUT2D eigenvalue weighted by Crippen LogP contribution is -2.26. The number of thiazole rings is 1. The molecule has 124 valence electrons. The predicted octanol–water partition coefficient (Wildman–Crippen LogP) is 3.77. The van der Waals surface area contributed by atoms with Crippen LogP contribution >= 0.6 is 11.3 Å². The Balaban J connectivity index is 1.99. The maximum atomic E-state index is 12.8. The third-order valence-corrected chi connectivity index (χ3v) is 4.34. The van der Waals surface area contributed by atoms with Crippen LogP contribution in [0.3, 0.4) is 0 Å². The molecule has 0 aliphatic carbocycles. The summed E-state index contributed by atoms with van der Waals surface area (Å²) in [5.41, 5.74) is 0.895. The maximum absolute atomic E-state index is 12.8. The van der Waals surface area contributed by atoms with Crippen LogP contribution in [-0.4, -0.2) is 28.1 Å². The van der Waals surface area contributed by atoms with E-state index in [9.17, 15) is 4.79 Å². The van der Waals surface area contributed by atoms with E-state index in [1.54, 1.807) is 19.3 Å². The molecule has 0 saturated carbocycles. The molecule has 6 nitrogen and oxygen atoms in total. The quantitative estimate of drug-likeness (QED) is 0.724. The van der Waals surface area contributed by atoms with Crippen molar-refractivity contribution in [2.24, 2.45) is 0 Å². The van der Waals surface area contributed by atoms with Gasteiger partial charge in [-0.25, -0.2) is 4.98 Å². The molecule has 2 aromatic heterocycles. The smallest absolute Gasteiger partial charge is 0.260 e. The van der Waals surface area contributed by atoms with E-state index in [1.807, 2.05) is 44.4 Å². The second-order valence-corrected chi connectivity index (χ2v) is 7.27. The molecule has 0 saturated heterocycles. The van der Waals surface area contributed by atoms with Gasteiger partial charge in [-0.05, 0) is 12.1 Å². The zero-order valence-corrected chi connectivity index (χ0v) is 14.8. The topological polar surface area (TPSA) is 72.1 Å². The summed E-state index contributed by atoms with van der Waals surface area (Å²) in [5.74, 6) is 0.778. The summed E-state index contributed by atoms with van der Waals surface area (Å²) in [5, 5.41) is 6.50. The normalized spacial score (nSPS) is 11.5. The Bertz CT molecular complexity index is 850. The van der Waals surface area contributed by atoms with Crippen molar-refractivity contribution in [2.75, 3.05) is 11.9 Å². The van der Waals surface area contributed by atoms with Gasteiger partial charge in [0.05, 0.1) is 11.1 Å². The van der Waals surface area contributed by atoms with E-state index in [-0.39, 0.29) is 11.3 Å². The monoisotopic (exact) mass is 342 g/mol. The summed E-state index contributed by atoms with van der Waals surface area (Å²) in [7, 11) is 1.70. The van der Waals surface area contributed by atoms with Crippen LogP contribution in [0.25, 0.3) is 11.5 Å². The van der Waals surface area contributed by atoms with Gasteiger partial charge in [-0.3, -0.25) is 9.69 Å². The minimum atomic E-state index is -0.224. The van der Waals surface area contributed by atoms with E-state index < -0.39 is 0 Å². The van der Waals surface area contributed by atoms with Gasteiger partial charge in [-0.1, -0.05) is 38.1 Å². The van der Waals surface area contributed by atoms with E-state index in [0.29, 0.717) is 28.0 Å². The Kier molecular flexibility index (Phi) is 4.19. The van der Waals surface area contributed by atoms with Gasteiger partial charge in [0.2, 0.25) is 0 Å². The number of hydrogen-bond donors (Lipinski definition) is 0. The van der Waals surface area contributed by atoms with E-state index in [2.05, 4.69) is 15.1 Å². The molecule has 1 aromatic carbocycles. The minimum absolute atomic E-state index is 0.170. The van der Waals surface area contributed by atoms with E-state index in [4.69, 9.17) is 4.52 Å². The van der Waals surface area contributed by atoms with Crippen molar-refractivity contribution in [1.82, 2.24) is 15.1 Å². The van der Waals surface area contributed by atoms with Gasteiger partial charge in [0.25, 0.3) is 11.8 Å². The Labute approximate surface area is 144 Å². The SMILES string of the molecule is CN(C(=O)c1ccccc1-c1nc(C(C)(C)C)no1)c1nccs1. The molecule has 1 amide bonds. The number of rotatable bonds is 3. The van der Waals surface area contributed by atoms with E-state index in [1.165, 1.54) is 16.2 Å². The van der Waals surface area contributed by atoms with Crippen molar-refractivity contribution in [1.29, 1.82) is 0 Å². The first-order chi connectivity index (χ1) is 11.4. The molecule has 2 heterocycles. The number of carbonyl (C=O) groups excluding carboxylic acids is 1. The van der Waals surface area contributed by atoms with Gasteiger partial charge in [-0.2, -0.15) is 4.98 Å². The van der Waals surface area contributed by atoms with Gasteiger partial charge >= 0.3 is 0 Å². The summed E-state index contributed by atoms with van der Waals surface area (Å²) in [4.78, 5) is 23.0. The highest BCUT2D eigenvalue weighted by Gasteiger charge is 2.25. The molecular weight excluding hydrogens is 324 g/mol. The maximum Gasteiger partial charge on any atom is 0.260 e. The second-order valence-electron chi connectivity index (χ2n) is 6.40. The fourth-order valence-corrected chi connectivity index (χ4v) is 2.75. The summed E-state index contributed by atoms with van der Waals surface area (Å²) in [6.45, 7) is 6.03. The predicted molar refractivity (Wildman–Crippen MR) is 93.3 cm³/mol. The number of hydrogen-bond acceptors (Lipinski definition) is 6. The molecule has 3 rings (SSSR count). The zero-order valence-electron chi connectivity index (χ0n) is 14.0. The van der Waals surface area contributed by atoms with E-state index >= 15 is 0 Å². The molecule has 0 radical (unpaired) electrons. The van der Waals surface area contributed by atoms with Gasteiger partial charge in [0.15, 0.2) is 11.0 Å². The molecule has 3 aromatic rings. The van der Waals surface area contributed by atoms with Crippen molar-refractivity contribution in [3.63, 3.8) is 0 Å². The summed E-state index contributed by atoms with van der Waals surface area (Å²) in [6, 6.07) is 7.22. The van der Waals surface area contributed by atoms with Crippen molar-refractivity contribution in [2.45, 2.75) is 26.2 Å². The summed E-state index contributed by atoms with van der Waals surface area (Å²) >= 11 is 1.41. The van der Waals surface area contributed by atoms with Crippen molar-refractivity contribution in [3.8, 4) is 11.5 Å². The Hall–Kier alpha value is -2.54. The van der Waals surface area contributed by atoms with Crippen LogP contribution in [-0.2, 0) is 5.41 Å². The number of anilines is 1. The van der Waals surface area contributed by atoms with Crippen LogP contribution in [0, 0.1) is 0 Å². The highest BCUT2D eigenvalue weighted by atomic mass is 32.1. The fourth-order valence-electron chi connectivity index (χ4n) is 2.14. The molecule has 0 atom stereocenters. The van der Waals surface area contributed by atoms with Crippen LogP contribution < -0.4 is 4.90 Å². The van der Waals surface area contributed by atoms with Crippen LogP contribution in [0.15, 0.2) is 40.4 Å². The molecular formula is C17H18N4O2S. The van der Waals surface area contributed by atoms with Crippen LogP contribution in [0.5, 0.6) is 0 Å². The first kappa shape index (κ1) is 16.3. The second kappa shape index (κ2) is 6.16. The summed E-state index contributed by atoms with van der Waals surface area (Å²) < 4.78 is 5.39. The molecule has 0 aliphatic heterocycles. The van der Waals surface area contributed by atoms with Crippen LogP contribution in [0.4, 0.5) is 5.13 Å². The van der Waals surface area contributed by atoms with Gasteiger partial charge in [0.1, 0.15) is 0 Å². The molecule has 0 fully saturated rings. The van der Waals surface area contributed by atoms with Crippen LogP contribution in [0.2, 0.25) is 0 Å². The Morgan fingerprint density at radius 3 is 2.62 bits per heavy atom. The van der Waals surface area contributed by atoms with Crippen molar-refractivity contribution < 1.29 is 9.32 Å². The molecule has 0 aliphatic rings.